The summed E-state index contributed by atoms with van der Waals surface area (Å²) in [5.74, 6) is 0. The van der Waals surface area contributed by atoms with E-state index in [0.717, 1.165) is 30.1 Å². The summed E-state index contributed by atoms with van der Waals surface area (Å²) in [6, 6.07) is 0.553. The number of rotatable bonds is 5. The number of nitrogens with one attached hydrogen (secondary N) is 1. The molecule has 0 saturated carbocycles. The van der Waals surface area contributed by atoms with Crippen LogP contribution in [0.15, 0.2) is 6.20 Å². The van der Waals surface area contributed by atoms with Crippen molar-refractivity contribution in [3.8, 4) is 0 Å². The highest BCUT2D eigenvalue weighted by Gasteiger charge is 2.05. The van der Waals surface area contributed by atoms with Gasteiger partial charge in [-0.1, -0.05) is 25.4 Å². The molecule has 0 amide bonds. The predicted molar refractivity (Wildman–Crippen MR) is 59.7 cm³/mol. The minimum absolute atomic E-state index is 0.553. The number of hydrogen-bond acceptors (Lipinski definition) is 2. The number of aromatic nitrogens is 2. The SMILES string of the molecule is CC(C)NCCCc1c(Cl)cnn1C. The molecule has 0 aliphatic heterocycles. The lowest BCUT2D eigenvalue weighted by molar-refractivity contribution is 0.562. The molecule has 0 radical (unpaired) electrons. The Morgan fingerprint density at radius 3 is 2.79 bits per heavy atom. The van der Waals surface area contributed by atoms with Crippen molar-refractivity contribution >= 4 is 11.6 Å². The quantitative estimate of drug-likeness (QED) is 0.762. The average molecular weight is 216 g/mol. The molecule has 3 nitrogen and oxygen atoms in total. The largest absolute Gasteiger partial charge is 0.315 e. The van der Waals surface area contributed by atoms with E-state index in [4.69, 9.17) is 11.6 Å². The second kappa shape index (κ2) is 5.37. The fraction of sp³-hybridized carbons (Fsp3) is 0.700. The van der Waals surface area contributed by atoms with Gasteiger partial charge in [0, 0.05) is 13.1 Å². The Labute approximate surface area is 90.4 Å². The lowest BCUT2D eigenvalue weighted by Crippen LogP contribution is -2.24. The maximum absolute atomic E-state index is 5.98. The van der Waals surface area contributed by atoms with E-state index in [2.05, 4.69) is 24.3 Å². The molecule has 0 unspecified atom stereocenters. The van der Waals surface area contributed by atoms with E-state index in [-0.39, 0.29) is 0 Å². The van der Waals surface area contributed by atoms with Crippen molar-refractivity contribution < 1.29 is 0 Å². The van der Waals surface area contributed by atoms with Crippen LogP contribution in [0.4, 0.5) is 0 Å². The molecular formula is C10H18ClN3. The molecule has 0 bridgehead atoms. The predicted octanol–water partition coefficient (Wildman–Crippen LogP) is 2.00. The van der Waals surface area contributed by atoms with Crippen LogP contribution in [0.5, 0.6) is 0 Å². The molecule has 0 atom stereocenters. The third kappa shape index (κ3) is 3.31. The highest BCUT2D eigenvalue weighted by Crippen LogP contribution is 2.15. The molecule has 14 heavy (non-hydrogen) atoms. The summed E-state index contributed by atoms with van der Waals surface area (Å²) in [4.78, 5) is 0. The van der Waals surface area contributed by atoms with Gasteiger partial charge in [0.05, 0.1) is 16.9 Å². The highest BCUT2D eigenvalue weighted by atomic mass is 35.5. The van der Waals surface area contributed by atoms with Crippen LogP contribution in [-0.4, -0.2) is 22.4 Å². The van der Waals surface area contributed by atoms with Crippen molar-refractivity contribution in [2.24, 2.45) is 7.05 Å². The number of aryl methyl sites for hydroxylation is 1. The summed E-state index contributed by atoms with van der Waals surface area (Å²) in [6.45, 7) is 5.33. The van der Waals surface area contributed by atoms with Gasteiger partial charge in [-0.2, -0.15) is 5.10 Å². The monoisotopic (exact) mass is 215 g/mol. The zero-order valence-electron chi connectivity index (χ0n) is 9.05. The van der Waals surface area contributed by atoms with Crippen molar-refractivity contribution in [2.45, 2.75) is 32.7 Å². The van der Waals surface area contributed by atoms with Crippen LogP contribution < -0.4 is 5.32 Å². The molecule has 1 heterocycles. The van der Waals surface area contributed by atoms with Crippen LogP contribution in [-0.2, 0) is 13.5 Å². The molecule has 1 aromatic heterocycles. The molecule has 4 heteroatoms. The Hall–Kier alpha value is -0.540. The third-order valence-corrected chi connectivity index (χ3v) is 2.47. The molecule has 0 aromatic carbocycles. The smallest absolute Gasteiger partial charge is 0.0817 e. The molecule has 1 N–H and O–H groups in total. The molecule has 0 aliphatic rings. The Morgan fingerprint density at radius 2 is 2.29 bits per heavy atom. The Kier molecular flexibility index (Phi) is 4.42. The summed E-state index contributed by atoms with van der Waals surface area (Å²) in [5.41, 5.74) is 1.12. The van der Waals surface area contributed by atoms with Gasteiger partial charge in [0.2, 0.25) is 0 Å². The first-order chi connectivity index (χ1) is 6.61. The number of halogens is 1. The van der Waals surface area contributed by atoms with Gasteiger partial charge in [-0.3, -0.25) is 4.68 Å². The van der Waals surface area contributed by atoms with E-state index in [1.54, 1.807) is 6.20 Å². The van der Waals surface area contributed by atoms with E-state index in [0.29, 0.717) is 6.04 Å². The van der Waals surface area contributed by atoms with Crippen molar-refractivity contribution in [3.63, 3.8) is 0 Å². The number of nitrogens with zero attached hydrogens (tertiary/aromatic N) is 2. The molecule has 0 aliphatic carbocycles. The van der Waals surface area contributed by atoms with E-state index >= 15 is 0 Å². The second-order valence-corrected chi connectivity index (χ2v) is 4.18. The fourth-order valence-corrected chi connectivity index (χ4v) is 1.62. The molecular weight excluding hydrogens is 198 g/mol. The van der Waals surface area contributed by atoms with E-state index in [1.807, 2.05) is 11.7 Å². The van der Waals surface area contributed by atoms with Crippen molar-refractivity contribution in [3.05, 3.63) is 16.9 Å². The second-order valence-electron chi connectivity index (χ2n) is 3.78. The molecule has 0 fully saturated rings. The molecule has 0 saturated heterocycles. The van der Waals surface area contributed by atoms with E-state index in [9.17, 15) is 0 Å². The van der Waals surface area contributed by atoms with Crippen LogP contribution in [0.2, 0.25) is 5.02 Å². The first-order valence-electron chi connectivity index (χ1n) is 5.01. The topological polar surface area (TPSA) is 29.9 Å². The van der Waals surface area contributed by atoms with Crippen molar-refractivity contribution in [1.29, 1.82) is 0 Å². The van der Waals surface area contributed by atoms with Gasteiger partial charge in [0.15, 0.2) is 0 Å². The minimum Gasteiger partial charge on any atom is -0.315 e. The minimum atomic E-state index is 0.553. The van der Waals surface area contributed by atoms with Crippen molar-refractivity contribution in [1.82, 2.24) is 15.1 Å². The fourth-order valence-electron chi connectivity index (χ4n) is 1.36. The van der Waals surface area contributed by atoms with Gasteiger partial charge in [0.1, 0.15) is 0 Å². The summed E-state index contributed by atoms with van der Waals surface area (Å²) in [5, 5.41) is 8.24. The lowest BCUT2D eigenvalue weighted by atomic mass is 10.2. The van der Waals surface area contributed by atoms with Gasteiger partial charge in [0.25, 0.3) is 0 Å². The maximum atomic E-state index is 5.98. The van der Waals surface area contributed by atoms with Gasteiger partial charge in [-0.15, -0.1) is 0 Å². The average Bonchev–Trinajstić information content (AvgIpc) is 2.42. The van der Waals surface area contributed by atoms with E-state index in [1.165, 1.54) is 0 Å². The normalized spacial score (nSPS) is 11.2. The summed E-state index contributed by atoms with van der Waals surface area (Å²) < 4.78 is 1.84. The van der Waals surface area contributed by atoms with Gasteiger partial charge < -0.3 is 5.32 Å². The van der Waals surface area contributed by atoms with E-state index < -0.39 is 0 Å². The van der Waals surface area contributed by atoms with Crippen LogP contribution >= 0.6 is 11.6 Å². The zero-order chi connectivity index (χ0) is 10.6. The molecule has 1 aromatic rings. The van der Waals surface area contributed by atoms with Crippen LogP contribution in [0, 0.1) is 0 Å². The molecule has 80 valence electrons. The Balaban J connectivity index is 2.31. The maximum Gasteiger partial charge on any atom is 0.0817 e. The lowest BCUT2D eigenvalue weighted by Gasteiger charge is -2.07. The van der Waals surface area contributed by atoms with Crippen LogP contribution in [0.3, 0.4) is 0 Å². The molecule has 1 rings (SSSR count). The Morgan fingerprint density at radius 1 is 1.57 bits per heavy atom. The summed E-state index contributed by atoms with van der Waals surface area (Å²) in [6.07, 6.45) is 3.78. The standard InChI is InChI=1S/C10H18ClN3/c1-8(2)12-6-4-5-10-9(11)7-13-14(10)3/h7-8,12H,4-6H2,1-3H3. The Bertz CT molecular complexity index is 261. The summed E-state index contributed by atoms with van der Waals surface area (Å²) >= 11 is 5.98. The third-order valence-electron chi connectivity index (χ3n) is 2.15. The zero-order valence-corrected chi connectivity index (χ0v) is 9.80. The van der Waals surface area contributed by atoms with Gasteiger partial charge >= 0.3 is 0 Å². The first-order valence-corrected chi connectivity index (χ1v) is 5.39. The summed E-state index contributed by atoms with van der Waals surface area (Å²) in [7, 11) is 1.93. The number of hydrogen-bond donors (Lipinski definition) is 1. The van der Waals surface area contributed by atoms with Gasteiger partial charge in [-0.25, -0.2) is 0 Å². The highest BCUT2D eigenvalue weighted by molar-refractivity contribution is 6.31. The molecule has 0 spiro atoms. The first kappa shape index (κ1) is 11.5. The van der Waals surface area contributed by atoms with Crippen LogP contribution in [0.25, 0.3) is 0 Å². The van der Waals surface area contributed by atoms with Crippen molar-refractivity contribution in [2.75, 3.05) is 6.54 Å². The van der Waals surface area contributed by atoms with Crippen LogP contribution in [0.1, 0.15) is 26.0 Å². The van der Waals surface area contributed by atoms with Gasteiger partial charge in [-0.05, 0) is 19.4 Å².